The molecule has 34 heavy (non-hydrogen) atoms. The summed E-state index contributed by atoms with van der Waals surface area (Å²) in [6.07, 6.45) is -4.03. The van der Waals surface area contributed by atoms with E-state index < -0.39 is 51.9 Å². The van der Waals surface area contributed by atoms with Crippen molar-refractivity contribution in [2.45, 2.75) is 25.7 Å². The molecule has 0 saturated carbocycles. The summed E-state index contributed by atoms with van der Waals surface area (Å²) < 4.78 is 65.1. The second-order valence-corrected chi connectivity index (χ2v) is 10.1. The third-order valence-corrected chi connectivity index (χ3v) is 6.56. The van der Waals surface area contributed by atoms with Crippen LogP contribution in [0.15, 0.2) is 42.5 Å². The average molecular weight is 540 g/mol. The highest BCUT2D eigenvalue weighted by Crippen LogP contribution is 2.36. The summed E-state index contributed by atoms with van der Waals surface area (Å²) in [5.74, 6) is -1.37. The van der Waals surface area contributed by atoms with E-state index in [1.165, 1.54) is 14.0 Å². The monoisotopic (exact) mass is 539 g/mol. The number of likely N-dealkylation sites (N-methyl/N-ethyl adjacent to an activating group) is 1. The van der Waals surface area contributed by atoms with E-state index in [1.807, 2.05) is 0 Å². The molecule has 186 valence electrons. The molecule has 0 saturated heterocycles. The van der Waals surface area contributed by atoms with Crippen molar-refractivity contribution in [2.75, 3.05) is 24.2 Å². The third-order valence-electron chi connectivity index (χ3n) is 4.88. The van der Waals surface area contributed by atoms with E-state index in [-0.39, 0.29) is 11.6 Å². The lowest BCUT2D eigenvalue weighted by molar-refractivity contribution is -0.139. The van der Waals surface area contributed by atoms with E-state index in [0.29, 0.717) is 27.0 Å². The summed E-state index contributed by atoms with van der Waals surface area (Å²) in [6.45, 7) is 0.437. The molecule has 0 spiro atoms. The molecular weight excluding hydrogens is 518 g/mol. The highest BCUT2D eigenvalue weighted by molar-refractivity contribution is 7.92. The molecular formula is C21H22Cl2F3N3O4S. The van der Waals surface area contributed by atoms with Crippen LogP contribution in [0.3, 0.4) is 0 Å². The van der Waals surface area contributed by atoms with Crippen molar-refractivity contribution >= 4 is 50.7 Å². The van der Waals surface area contributed by atoms with Crippen molar-refractivity contribution in [1.82, 2.24) is 10.2 Å². The van der Waals surface area contributed by atoms with E-state index in [1.54, 1.807) is 24.3 Å². The first-order valence-electron chi connectivity index (χ1n) is 9.75. The number of halogens is 5. The molecule has 1 atom stereocenters. The SMILES string of the molecule is CNC(=O)C(C)N(Cc1cccc(Cl)c1)C(=O)CN(c1cc(C(F)(F)F)ccc1Cl)S(C)(=O)=O. The van der Waals surface area contributed by atoms with Gasteiger partial charge in [0.1, 0.15) is 12.6 Å². The largest absolute Gasteiger partial charge is 0.416 e. The van der Waals surface area contributed by atoms with Gasteiger partial charge in [-0.1, -0.05) is 35.3 Å². The summed E-state index contributed by atoms with van der Waals surface area (Å²) in [5.41, 5.74) is -1.09. The Hall–Kier alpha value is -2.50. The van der Waals surface area contributed by atoms with Crippen molar-refractivity contribution in [3.8, 4) is 0 Å². The van der Waals surface area contributed by atoms with E-state index >= 15 is 0 Å². The predicted octanol–water partition coefficient (Wildman–Crippen LogP) is 3.94. The number of sulfonamides is 1. The van der Waals surface area contributed by atoms with E-state index in [0.717, 1.165) is 17.2 Å². The minimum absolute atomic E-state index is 0.109. The Morgan fingerprint density at radius 2 is 1.76 bits per heavy atom. The average Bonchev–Trinajstić information content (AvgIpc) is 2.73. The van der Waals surface area contributed by atoms with Crippen molar-refractivity contribution in [3.05, 3.63) is 63.6 Å². The molecule has 0 aliphatic rings. The second-order valence-electron chi connectivity index (χ2n) is 7.38. The number of benzene rings is 2. The summed E-state index contributed by atoms with van der Waals surface area (Å²) >= 11 is 12.0. The number of nitrogens with one attached hydrogen (secondary N) is 1. The minimum atomic E-state index is -4.77. The van der Waals surface area contributed by atoms with E-state index in [9.17, 15) is 31.2 Å². The van der Waals surface area contributed by atoms with Crippen LogP contribution < -0.4 is 9.62 Å². The van der Waals surface area contributed by atoms with Gasteiger partial charge in [-0.15, -0.1) is 0 Å². The van der Waals surface area contributed by atoms with Crippen molar-refractivity contribution < 1.29 is 31.2 Å². The molecule has 1 unspecified atom stereocenters. The summed E-state index contributed by atoms with van der Waals surface area (Å²) in [4.78, 5) is 26.6. The number of carbonyl (C=O) groups excluding carboxylic acids is 2. The maximum Gasteiger partial charge on any atom is 0.416 e. The van der Waals surface area contributed by atoms with Gasteiger partial charge in [-0.3, -0.25) is 13.9 Å². The quantitative estimate of drug-likeness (QED) is 0.550. The van der Waals surface area contributed by atoms with Crippen LogP contribution in [0.1, 0.15) is 18.1 Å². The molecule has 1 N–H and O–H groups in total. The smallest absolute Gasteiger partial charge is 0.357 e. The van der Waals surface area contributed by atoms with Gasteiger partial charge >= 0.3 is 6.18 Å². The summed E-state index contributed by atoms with van der Waals surface area (Å²) in [6, 6.07) is 7.59. The molecule has 7 nitrogen and oxygen atoms in total. The van der Waals surface area contributed by atoms with Crippen molar-refractivity contribution in [3.63, 3.8) is 0 Å². The lowest BCUT2D eigenvalue weighted by atomic mass is 10.1. The number of hydrogen-bond donors (Lipinski definition) is 1. The molecule has 0 bridgehead atoms. The van der Waals surface area contributed by atoms with Gasteiger partial charge in [0, 0.05) is 18.6 Å². The van der Waals surface area contributed by atoms with Crippen LogP contribution in [0.25, 0.3) is 0 Å². The van der Waals surface area contributed by atoms with Crippen LogP contribution in [0.5, 0.6) is 0 Å². The fraction of sp³-hybridized carbons (Fsp3) is 0.333. The first kappa shape index (κ1) is 27.7. The Morgan fingerprint density at radius 1 is 1.12 bits per heavy atom. The van der Waals surface area contributed by atoms with Gasteiger partial charge in [-0.25, -0.2) is 8.42 Å². The Morgan fingerprint density at radius 3 is 2.29 bits per heavy atom. The van der Waals surface area contributed by atoms with Gasteiger partial charge in [0.2, 0.25) is 21.8 Å². The number of amides is 2. The topological polar surface area (TPSA) is 86.8 Å². The zero-order valence-electron chi connectivity index (χ0n) is 18.4. The number of anilines is 1. The maximum absolute atomic E-state index is 13.3. The van der Waals surface area contributed by atoms with Crippen LogP contribution in [0, 0.1) is 0 Å². The minimum Gasteiger partial charge on any atom is -0.357 e. The Bertz CT molecular complexity index is 1180. The van der Waals surface area contributed by atoms with Crippen molar-refractivity contribution in [1.29, 1.82) is 0 Å². The first-order chi connectivity index (χ1) is 15.6. The van der Waals surface area contributed by atoms with Gasteiger partial charge in [-0.2, -0.15) is 13.2 Å². The summed E-state index contributed by atoms with van der Waals surface area (Å²) in [5, 5.41) is 2.49. The second kappa shape index (κ2) is 10.8. The molecule has 2 aromatic carbocycles. The third kappa shape index (κ3) is 7.00. The zero-order chi connectivity index (χ0) is 25.8. The summed E-state index contributed by atoms with van der Waals surface area (Å²) in [7, 11) is -2.88. The van der Waals surface area contributed by atoms with E-state index in [4.69, 9.17) is 23.2 Å². The van der Waals surface area contributed by atoms with Crippen LogP contribution in [0.2, 0.25) is 10.0 Å². The molecule has 0 radical (unpaired) electrons. The zero-order valence-corrected chi connectivity index (χ0v) is 20.7. The molecule has 2 amide bonds. The van der Waals surface area contributed by atoms with Crippen LogP contribution in [0.4, 0.5) is 18.9 Å². The standard InChI is InChI=1S/C21H22Cl2F3N3O4S/c1-13(20(31)27-2)28(11-14-5-4-6-16(22)9-14)19(30)12-29(34(3,32)33)18-10-15(21(24,25)26)7-8-17(18)23/h4-10,13H,11-12H2,1-3H3,(H,27,31). The van der Waals surface area contributed by atoms with E-state index in [2.05, 4.69) is 5.32 Å². The molecule has 0 aliphatic heterocycles. The molecule has 0 fully saturated rings. The molecule has 0 aromatic heterocycles. The van der Waals surface area contributed by atoms with Crippen LogP contribution in [-0.4, -0.2) is 51.0 Å². The number of alkyl halides is 3. The van der Waals surface area contributed by atoms with Crippen molar-refractivity contribution in [2.24, 2.45) is 0 Å². The van der Waals surface area contributed by atoms with Gasteiger partial charge in [0.15, 0.2) is 0 Å². The van der Waals surface area contributed by atoms with Crippen LogP contribution in [-0.2, 0) is 32.3 Å². The Labute approximate surface area is 205 Å². The normalized spacial score (nSPS) is 12.7. The molecule has 0 aliphatic carbocycles. The first-order valence-corrected chi connectivity index (χ1v) is 12.4. The highest BCUT2D eigenvalue weighted by atomic mass is 35.5. The molecule has 13 heteroatoms. The number of nitrogens with zero attached hydrogens (tertiary/aromatic N) is 2. The predicted molar refractivity (Wildman–Crippen MR) is 124 cm³/mol. The van der Waals surface area contributed by atoms with Crippen LogP contribution >= 0.6 is 23.2 Å². The van der Waals surface area contributed by atoms with Gasteiger partial charge in [0.25, 0.3) is 0 Å². The fourth-order valence-electron chi connectivity index (χ4n) is 3.10. The Balaban J connectivity index is 2.50. The molecule has 2 rings (SSSR count). The lowest BCUT2D eigenvalue weighted by Gasteiger charge is -2.31. The molecule has 0 heterocycles. The number of rotatable bonds is 8. The number of hydrogen-bond acceptors (Lipinski definition) is 4. The maximum atomic E-state index is 13.3. The van der Waals surface area contributed by atoms with Gasteiger partial charge < -0.3 is 10.2 Å². The highest BCUT2D eigenvalue weighted by Gasteiger charge is 2.34. The van der Waals surface area contributed by atoms with Gasteiger partial charge in [0.05, 0.1) is 22.5 Å². The lowest BCUT2D eigenvalue weighted by Crippen LogP contribution is -2.50. The molecule has 2 aromatic rings. The van der Waals surface area contributed by atoms with Gasteiger partial charge in [-0.05, 0) is 42.8 Å². The fourth-order valence-corrected chi connectivity index (χ4v) is 4.43. The Kier molecular flexibility index (Phi) is 8.84. The number of carbonyl (C=O) groups is 2.